The molecule has 4 atom stereocenters. The maximum absolute atomic E-state index is 12.5. The van der Waals surface area contributed by atoms with Gasteiger partial charge in [0.2, 0.25) is 5.91 Å². The molecular weight excluding hydrogens is 322 g/mol. The van der Waals surface area contributed by atoms with E-state index >= 15 is 0 Å². The van der Waals surface area contributed by atoms with Crippen molar-refractivity contribution in [3.63, 3.8) is 0 Å². The number of fused-ring (bicyclic) bond motifs is 2. The molecule has 1 aromatic rings. The van der Waals surface area contributed by atoms with E-state index in [1.165, 1.54) is 18.2 Å². The summed E-state index contributed by atoms with van der Waals surface area (Å²) in [5.74, 6) is -4.25. The van der Waals surface area contributed by atoms with Crippen molar-refractivity contribution >= 4 is 35.1 Å². The fourth-order valence-corrected chi connectivity index (χ4v) is 3.65. The summed E-state index contributed by atoms with van der Waals surface area (Å²) in [6, 6.07) is 3.98. The lowest BCUT2D eigenvalue weighted by atomic mass is 9.82. The Morgan fingerprint density at radius 2 is 1.74 bits per heavy atom. The molecule has 1 amide bonds. The van der Waals surface area contributed by atoms with E-state index in [4.69, 9.17) is 16.7 Å². The minimum Gasteiger partial charge on any atom is -0.481 e. The number of nitrogens with one attached hydrogen (secondary N) is 1. The average molecular weight is 336 g/mol. The van der Waals surface area contributed by atoms with Gasteiger partial charge in [0.25, 0.3) is 0 Å². The Bertz CT molecular complexity index is 729. The molecule has 0 spiro atoms. The van der Waals surface area contributed by atoms with Gasteiger partial charge in [-0.1, -0.05) is 23.8 Å². The third-order valence-electron chi connectivity index (χ3n) is 4.52. The molecule has 0 heterocycles. The van der Waals surface area contributed by atoms with Crippen LogP contribution in [0.3, 0.4) is 0 Å². The third-order valence-corrected chi connectivity index (χ3v) is 4.85. The summed E-state index contributed by atoms with van der Waals surface area (Å²) in [4.78, 5) is 35.0. The van der Waals surface area contributed by atoms with Gasteiger partial charge < -0.3 is 15.5 Å². The number of carbonyl (C=O) groups is 3. The van der Waals surface area contributed by atoms with Crippen LogP contribution < -0.4 is 5.32 Å². The molecule has 2 aliphatic carbocycles. The van der Waals surface area contributed by atoms with Crippen LogP contribution in [0.25, 0.3) is 0 Å². The van der Waals surface area contributed by atoms with Gasteiger partial charge in [-0.15, -0.1) is 0 Å². The summed E-state index contributed by atoms with van der Waals surface area (Å²) < 4.78 is 0. The molecule has 6 nitrogen and oxygen atoms in total. The molecule has 1 aromatic carbocycles. The number of allylic oxidation sites excluding steroid dienone is 2. The number of carbonyl (C=O) groups excluding carboxylic acids is 1. The zero-order chi connectivity index (χ0) is 16.7. The van der Waals surface area contributed by atoms with E-state index in [1.807, 2.05) is 12.2 Å². The molecule has 3 N–H and O–H groups in total. The number of carboxylic acids is 2. The Labute approximate surface area is 136 Å². The zero-order valence-electron chi connectivity index (χ0n) is 11.9. The van der Waals surface area contributed by atoms with Crippen molar-refractivity contribution in [2.45, 2.75) is 6.42 Å². The minimum absolute atomic E-state index is 0.00711. The Balaban J connectivity index is 1.85. The maximum atomic E-state index is 12.5. The topological polar surface area (TPSA) is 104 Å². The number of hydrogen-bond donors (Lipinski definition) is 3. The fraction of sp³-hybridized carbons (Fsp3) is 0.312. The lowest BCUT2D eigenvalue weighted by molar-refractivity contribution is -0.146. The molecule has 23 heavy (non-hydrogen) atoms. The quantitative estimate of drug-likeness (QED) is 0.733. The Kier molecular flexibility index (Phi) is 3.85. The highest BCUT2D eigenvalue weighted by atomic mass is 35.5. The summed E-state index contributed by atoms with van der Waals surface area (Å²) in [6.45, 7) is 0. The molecule has 1 fully saturated rings. The molecule has 0 aliphatic heterocycles. The number of halogens is 1. The summed E-state index contributed by atoms with van der Waals surface area (Å²) in [6.07, 6.45) is 4.38. The van der Waals surface area contributed by atoms with E-state index in [1.54, 1.807) is 0 Å². The van der Waals surface area contributed by atoms with E-state index in [0.29, 0.717) is 6.42 Å². The second-order valence-corrected chi connectivity index (χ2v) is 6.23. The van der Waals surface area contributed by atoms with Crippen LogP contribution in [0.2, 0.25) is 5.02 Å². The van der Waals surface area contributed by atoms with Crippen LogP contribution in [0.4, 0.5) is 5.69 Å². The van der Waals surface area contributed by atoms with Gasteiger partial charge in [-0.2, -0.15) is 0 Å². The van der Waals surface area contributed by atoms with Crippen LogP contribution >= 0.6 is 11.6 Å². The Morgan fingerprint density at radius 3 is 2.35 bits per heavy atom. The first-order valence-corrected chi connectivity index (χ1v) is 7.51. The van der Waals surface area contributed by atoms with Crippen LogP contribution in [0.5, 0.6) is 0 Å². The highest BCUT2D eigenvalue weighted by molar-refractivity contribution is 6.33. The van der Waals surface area contributed by atoms with Gasteiger partial charge in [0, 0.05) is 0 Å². The fourth-order valence-electron chi connectivity index (χ4n) is 3.49. The lowest BCUT2D eigenvalue weighted by Crippen LogP contribution is -2.36. The number of benzene rings is 1. The normalized spacial score (nSPS) is 27.9. The predicted molar refractivity (Wildman–Crippen MR) is 82.4 cm³/mol. The highest BCUT2D eigenvalue weighted by Crippen LogP contribution is 2.48. The van der Waals surface area contributed by atoms with Crippen molar-refractivity contribution in [2.24, 2.45) is 23.7 Å². The van der Waals surface area contributed by atoms with Crippen molar-refractivity contribution in [1.82, 2.24) is 0 Å². The number of hydrogen-bond acceptors (Lipinski definition) is 3. The van der Waals surface area contributed by atoms with Gasteiger partial charge >= 0.3 is 11.9 Å². The summed E-state index contributed by atoms with van der Waals surface area (Å²) in [7, 11) is 0. The molecule has 7 heteroatoms. The summed E-state index contributed by atoms with van der Waals surface area (Å²) in [5, 5.41) is 21.2. The smallest absolute Gasteiger partial charge is 0.335 e. The summed E-state index contributed by atoms with van der Waals surface area (Å²) in [5.41, 5.74) is 0.166. The van der Waals surface area contributed by atoms with Crippen LogP contribution in [-0.4, -0.2) is 28.1 Å². The SMILES string of the molecule is O=C(O)c1ccc(Cl)c(NC(=O)[C@@H]2[C@H](C(=O)O)[C@H]3C=C[C@H]2C3)c1. The number of amides is 1. The standard InChI is InChI=1S/C16H14ClNO5/c17-10-4-3-9(15(20)21)6-11(10)18-14(19)12-7-1-2-8(5-7)13(12)16(22)23/h1-4,6-8,12-13H,5H2,(H,18,19)(H,20,21)(H,22,23)/t7-,8-,12-,13+/m0/s1. The van der Waals surface area contributed by atoms with Gasteiger partial charge in [-0.3, -0.25) is 9.59 Å². The molecule has 2 aliphatic rings. The number of anilines is 1. The average Bonchev–Trinajstić information content (AvgIpc) is 3.09. The van der Waals surface area contributed by atoms with Crippen molar-refractivity contribution < 1.29 is 24.6 Å². The van der Waals surface area contributed by atoms with Gasteiger partial charge in [-0.25, -0.2) is 4.79 Å². The van der Waals surface area contributed by atoms with E-state index in [2.05, 4.69) is 5.32 Å². The van der Waals surface area contributed by atoms with Crippen LogP contribution in [0.1, 0.15) is 16.8 Å². The van der Waals surface area contributed by atoms with E-state index in [9.17, 15) is 19.5 Å². The van der Waals surface area contributed by atoms with Crippen LogP contribution in [0, 0.1) is 23.7 Å². The molecule has 0 saturated heterocycles. The highest BCUT2D eigenvalue weighted by Gasteiger charge is 2.51. The van der Waals surface area contributed by atoms with E-state index in [-0.39, 0.29) is 28.1 Å². The second kappa shape index (κ2) is 5.70. The number of aliphatic carboxylic acids is 1. The zero-order valence-corrected chi connectivity index (χ0v) is 12.7. The van der Waals surface area contributed by atoms with Gasteiger partial charge in [0.15, 0.2) is 0 Å². The van der Waals surface area contributed by atoms with Gasteiger partial charge in [-0.05, 0) is 36.5 Å². The monoisotopic (exact) mass is 335 g/mol. The molecule has 2 bridgehead atoms. The first-order valence-electron chi connectivity index (χ1n) is 7.13. The molecule has 3 rings (SSSR count). The van der Waals surface area contributed by atoms with Crippen molar-refractivity contribution in [3.05, 3.63) is 40.9 Å². The van der Waals surface area contributed by atoms with E-state index < -0.39 is 29.7 Å². The number of rotatable bonds is 4. The molecule has 0 aromatic heterocycles. The van der Waals surface area contributed by atoms with Crippen LogP contribution in [-0.2, 0) is 9.59 Å². The lowest BCUT2D eigenvalue weighted by Gasteiger charge is -2.24. The van der Waals surface area contributed by atoms with Gasteiger partial charge in [0.05, 0.1) is 28.1 Å². The maximum Gasteiger partial charge on any atom is 0.335 e. The van der Waals surface area contributed by atoms with Crippen LogP contribution in [0.15, 0.2) is 30.4 Å². The van der Waals surface area contributed by atoms with Crippen molar-refractivity contribution in [1.29, 1.82) is 0 Å². The van der Waals surface area contributed by atoms with Crippen molar-refractivity contribution in [2.75, 3.05) is 5.32 Å². The predicted octanol–water partition coefficient (Wildman–Crippen LogP) is 2.50. The van der Waals surface area contributed by atoms with Gasteiger partial charge in [0.1, 0.15) is 0 Å². The molecular formula is C16H14ClNO5. The first kappa shape index (κ1) is 15.6. The molecule has 1 saturated carbocycles. The Morgan fingerprint density at radius 1 is 1.09 bits per heavy atom. The number of carboxylic acid groups (broad SMARTS) is 2. The minimum atomic E-state index is -1.14. The van der Waals surface area contributed by atoms with Crippen molar-refractivity contribution in [3.8, 4) is 0 Å². The summed E-state index contributed by atoms with van der Waals surface area (Å²) >= 11 is 5.99. The largest absolute Gasteiger partial charge is 0.481 e. The molecule has 0 radical (unpaired) electrons. The molecule has 0 unspecified atom stereocenters. The third kappa shape index (κ3) is 2.70. The molecule has 120 valence electrons. The second-order valence-electron chi connectivity index (χ2n) is 5.83. The Hall–Kier alpha value is -2.34. The number of aromatic carboxylic acids is 1. The van der Waals surface area contributed by atoms with E-state index in [0.717, 1.165) is 0 Å². The first-order chi connectivity index (χ1) is 10.9.